The molecule has 0 unspecified atom stereocenters. The number of amides is 1. The molecule has 1 fully saturated rings. The van der Waals surface area contributed by atoms with Crippen molar-refractivity contribution in [2.24, 2.45) is 5.92 Å². The summed E-state index contributed by atoms with van der Waals surface area (Å²) in [5, 5.41) is 0. The van der Waals surface area contributed by atoms with Crippen LogP contribution >= 0.6 is 24.0 Å². The molecule has 0 N–H and O–H groups in total. The van der Waals surface area contributed by atoms with Crippen molar-refractivity contribution in [2.45, 2.75) is 20.8 Å². The van der Waals surface area contributed by atoms with Gasteiger partial charge in [0.2, 0.25) is 0 Å². The molecule has 4 nitrogen and oxygen atoms in total. The largest absolute Gasteiger partial charge is 0.493 e. The van der Waals surface area contributed by atoms with Crippen molar-refractivity contribution in [1.82, 2.24) is 0 Å². The highest BCUT2D eigenvalue weighted by molar-refractivity contribution is 8.27. The van der Waals surface area contributed by atoms with E-state index in [-0.39, 0.29) is 5.91 Å². The molecule has 2 aromatic carbocycles. The van der Waals surface area contributed by atoms with E-state index in [1.165, 1.54) is 11.8 Å². The third-order valence-corrected chi connectivity index (χ3v) is 5.41. The lowest BCUT2D eigenvalue weighted by molar-refractivity contribution is -0.113. The summed E-state index contributed by atoms with van der Waals surface area (Å²) in [7, 11) is 1.61. The number of carbonyl (C=O) groups is 1. The van der Waals surface area contributed by atoms with Gasteiger partial charge in [-0.05, 0) is 54.3 Å². The van der Waals surface area contributed by atoms with Gasteiger partial charge in [-0.2, -0.15) is 0 Å². The molecule has 0 aliphatic carbocycles. The van der Waals surface area contributed by atoms with Gasteiger partial charge < -0.3 is 9.47 Å². The molecule has 2 aromatic rings. The number of hydrogen-bond acceptors (Lipinski definition) is 5. The standard InChI is InChI=1S/C22H23NO3S2/c1-14(2)13-26-18-9-8-16(11-19(18)25-4)12-20-21(24)23(22(27)28-20)17-7-5-6-15(3)10-17/h5-12,14H,13H2,1-4H3/b20-12+. The number of nitrogens with zero attached hydrogens (tertiary/aromatic N) is 1. The summed E-state index contributed by atoms with van der Waals surface area (Å²) in [6.07, 6.45) is 1.84. The first-order valence-corrected chi connectivity index (χ1v) is 10.3. The monoisotopic (exact) mass is 413 g/mol. The lowest BCUT2D eigenvalue weighted by Gasteiger charge is -2.15. The second-order valence-electron chi connectivity index (χ2n) is 6.97. The Morgan fingerprint density at radius 3 is 2.64 bits per heavy atom. The fourth-order valence-electron chi connectivity index (χ4n) is 2.76. The summed E-state index contributed by atoms with van der Waals surface area (Å²) < 4.78 is 11.8. The normalized spacial score (nSPS) is 15.6. The average Bonchev–Trinajstić information content (AvgIpc) is 2.93. The molecule has 1 amide bonds. The van der Waals surface area contributed by atoms with Gasteiger partial charge in [0.1, 0.15) is 0 Å². The number of hydrogen-bond donors (Lipinski definition) is 0. The van der Waals surface area contributed by atoms with Gasteiger partial charge in [-0.3, -0.25) is 9.69 Å². The predicted molar refractivity (Wildman–Crippen MR) is 120 cm³/mol. The Balaban J connectivity index is 1.85. The van der Waals surface area contributed by atoms with Gasteiger partial charge in [0.15, 0.2) is 15.8 Å². The molecule has 6 heteroatoms. The number of benzene rings is 2. The summed E-state index contributed by atoms with van der Waals surface area (Å²) in [4.78, 5) is 15.1. The molecule has 0 saturated carbocycles. The molecule has 0 bridgehead atoms. The van der Waals surface area contributed by atoms with Crippen molar-refractivity contribution in [3.8, 4) is 11.5 Å². The maximum atomic E-state index is 12.9. The topological polar surface area (TPSA) is 38.8 Å². The van der Waals surface area contributed by atoms with Crippen LogP contribution in [0.4, 0.5) is 5.69 Å². The molecule has 146 valence electrons. The van der Waals surface area contributed by atoms with E-state index >= 15 is 0 Å². The van der Waals surface area contributed by atoms with E-state index in [9.17, 15) is 4.79 Å². The minimum Gasteiger partial charge on any atom is -0.493 e. The Morgan fingerprint density at radius 2 is 1.96 bits per heavy atom. The zero-order valence-corrected chi connectivity index (χ0v) is 18.0. The van der Waals surface area contributed by atoms with Gasteiger partial charge in [0.05, 0.1) is 24.3 Å². The quantitative estimate of drug-likeness (QED) is 0.465. The van der Waals surface area contributed by atoms with E-state index in [1.807, 2.05) is 55.5 Å². The summed E-state index contributed by atoms with van der Waals surface area (Å²) in [5.74, 6) is 1.65. The third-order valence-electron chi connectivity index (χ3n) is 4.11. The Hall–Kier alpha value is -2.31. The Morgan fingerprint density at radius 1 is 1.18 bits per heavy atom. The smallest absolute Gasteiger partial charge is 0.270 e. The molecule has 1 saturated heterocycles. The minimum atomic E-state index is -0.111. The zero-order valence-electron chi connectivity index (χ0n) is 16.4. The molecule has 0 radical (unpaired) electrons. The summed E-state index contributed by atoms with van der Waals surface area (Å²) in [5.41, 5.74) is 2.73. The van der Waals surface area contributed by atoms with E-state index < -0.39 is 0 Å². The van der Waals surface area contributed by atoms with Crippen LogP contribution in [0.1, 0.15) is 25.0 Å². The molecule has 0 atom stereocenters. The Bertz CT molecular complexity index is 937. The SMILES string of the molecule is COc1cc(/C=C2/SC(=S)N(c3cccc(C)c3)C2=O)ccc1OCC(C)C. The zero-order chi connectivity index (χ0) is 20.3. The highest BCUT2D eigenvalue weighted by Gasteiger charge is 2.33. The molecule has 1 aliphatic heterocycles. The molecule has 28 heavy (non-hydrogen) atoms. The first-order chi connectivity index (χ1) is 13.4. The van der Waals surface area contributed by atoms with Crippen LogP contribution in [0.2, 0.25) is 0 Å². The maximum absolute atomic E-state index is 12.9. The molecule has 1 heterocycles. The number of aryl methyl sites for hydroxylation is 1. The first kappa shape index (κ1) is 20.4. The molecular formula is C22H23NO3S2. The fourth-order valence-corrected chi connectivity index (χ4v) is 4.06. The van der Waals surface area contributed by atoms with E-state index in [0.29, 0.717) is 33.2 Å². The van der Waals surface area contributed by atoms with Crippen molar-refractivity contribution in [3.63, 3.8) is 0 Å². The number of carbonyl (C=O) groups excluding carboxylic acids is 1. The van der Waals surface area contributed by atoms with E-state index in [4.69, 9.17) is 21.7 Å². The van der Waals surface area contributed by atoms with Gasteiger partial charge >= 0.3 is 0 Å². The second kappa shape index (κ2) is 8.80. The second-order valence-corrected chi connectivity index (χ2v) is 8.65. The molecule has 3 rings (SSSR count). The average molecular weight is 414 g/mol. The van der Waals surface area contributed by atoms with Crippen LogP contribution in [0.3, 0.4) is 0 Å². The van der Waals surface area contributed by atoms with Gasteiger partial charge in [-0.15, -0.1) is 0 Å². The Labute approximate surface area is 175 Å². The summed E-state index contributed by atoms with van der Waals surface area (Å²) in [6, 6.07) is 13.4. The summed E-state index contributed by atoms with van der Waals surface area (Å²) in [6.45, 7) is 6.80. The molecular weight excluding hydrogens is 390 g/mol. The van der Waals surface area contributed by atoms with Crippen molar-refractivity contribution in [3.05, 3.63) is 58.5 Å². The van der Waals surface area contributed by atoms with Crippen molar-refractivity contribution >= 4 is 46.0 Å². The number of methoxy groups -OCH3 is 1. The van der Waals surface area contributed by atoms with Crippen LogP contribution in [0.25, 0.3) is 6.08 Å². The number of ether oxygens (including phenoxy) is 2. The molecule has 0 spiro atoms. The van der Waals surface area contributed by atoms with Crippen LogP contribution in [0.5, 0.6) is 11.5 Å². The molecule has 0 aromatic heterocycles. The predicted octanol–water partition coefficient (Wildman–Crippen LogP) is 5.44. The van der Waals surface area contributed by atoms with Crippen molar-refractivity contribution in [1.29, 1.82) is 0 Å². The highest BCUT2D eigenvalue weighted by Crippen LogP contribution is 2.37. The lowest BCUT2D eigenvalue weighted by atomic mass is 10.1. The van der Waals surface area contributed by atoms with Gasteiger partial charge in [0, 0.05) is 0 Å². The maximum Gasteiger partial charge on any atom is 0.270 e. The van der Waals surface area contributed by atoms with Gasteiger partial charge in [-0.1, -0.05) is 56.0 Å². The van der Waals surface area contributed by atoms with Crippen LogP contribution in [0.15, 0.2) is 47.4 Å². The van der Waals surface area contributed by atoms with Crippen LogP contribution < -0.4 is 14.4 Å². The lowest BCUT2D eigenvalue weighted by Crippen LogP contribution is -2.27. The fraction of sp³-hybridized carbons (Fsp3) is 0.273. The van der Waals surface area contributed by atoms with Crippen molar-refractivity contribution < 1.29 is 14.3 Å². The van der Waals surface area contributed by atoms with Gasteiger partial charge in [-0.25, -0.2) is 0 Å². The minimum absolute atomic E-state index is 0.111. The van der Waals surface area contributed by atoms with Crippen LogP contribution in [-0.2, 0) is 4.79 Å². The first-order valence-electron chi connectivity index (χ1n) is 9.04. The molecule has 1 aliphatic rings. The number of thioether (sulfide) groups is 1. The number of rotatable bonds is 6. The highest BCUT2D eigenvalue weighted by atomic mass is 32.2. The van der Waals surface area contributed by atoms with E-state index in [0.717, 1.165) is 16.8 Å². The van der Waals surface area contributed by atoms with E-state index in [2.05, 4.69) is 13.8 Å². The number of anilines is 1. The van der Waals surface area contributed by atoms with Crippen LogP contribution in [0, 0.1) is 12.8 Å². The summed E-state index contributed by atoms with van der Waals surface area (Å²) >= 11 is 6.75. The number of thiocarbonyl (C=S) groups is 1. The Kier molecular flexibility index (Phi) is 6.42. The third kappa shape index (κ3) is 4.56. The van der Waals surface area contributed by atoms with Crippen molar-refractivity contribution in [2.75, 3.05) is 18.6 Å². The van der Waals surface area contributed by atoms with Crippen LogP contribution in [-0.4, -0.2) is 23.9 Å². The van der Waals surface area contributed by atoms with Gasteiger partial charge in [0.25, 0.3) is 5.91 Å². The van der Waals surface area contributed by atoms with E-state index in [1.54, 1.807) is 12.0 Å².